The van der Waals surface area contributed by atoms with Gasteiger partial charge in [-0.1, -0.05) is 12.1 Å². The standard InChI is InChI=1S/C20H21N3O5/c1-12-5-4-6-15-18(12)21-11-23(19(15)25)8-7-17(24)22(3)10-14-9-16(20(26)27)13(2)28-14/h4-6,9,11H,7-8,10H2,1-3H3,(H,26,27). The van der Waals surface area contributed by atoms with Crippen LogP contribution in [0.5, 0.6) is 0 Å². The van der Waals surface area contributed by atoms with E-state index < -0.39 is 5.97 Å². The molecule has 0 aliphatic rings. The largest absolute Gasteiger partial charge is 0.478 e. The fraction of sp³-hybridized carbons (Fsp3) is 0.300. The Kier molecular flexibility index (Phi) is 5.30. The number of benzene rings is 1. The van der Waals surface area contributed by atoms with E-state index in [4.69, 9.17) is 9.52 Å². The Bertz CT molecular complexity index is 1110. The van der Waals surface area contributed by atoms with Gasteiger partial charge in [-0.15, -0.1) is 0 Å². The second-order valence-corrected chi connectivity index (χ2v) is 6.70. The number of para-hydroxylation sites is 1. The molecule has 0 bridgehead atoms. The highest BCUT2D eigenvalue weighted by molar-refractivity contribution is 5.88. The van der Waals surface area contributed by atoms with Crippen LogP contribution < -0.4 is 5.56 Å². The third-order valence-electron chi connectivity index (χ3n) is 4.64. The van der Waals surface area contributed by atoms with Crippen molar-refractivity contribution in [2.24, 2.45) is 0 Å². The molecule has 1 N–H and O–H groups in total. The molecule has 0 atom stereocenters. The molecule has 0 fully saturated rings. The molecule has 8 heteroatoms. The summed E-state index contributed by atoms with van der Waals surface area (Å²) in [6.07, 6.45) is 1.57. The van der Waals surface area contributed by atoms with Gasteiger partial charge in [-0.2, -0.15) is 0 Å². The van der Waals surface area contributed by atoms with Crippen LogP contribution in [0.2, 0.25) is 0 Å². The monoisotopic (exact) mass is 383 g/mol. The summed E-state index contributed by atoms with van der Waals surface area (Å²) in [5.41, 5.74) is 1.48. The molecule has 0 unspecified atom stereocenters. The Morgan fingerprint density at radius 1 is 1.29 bits per heavy atom. The number of carboxylic acids is 1. The van der Waals surface area contributed by atoms with Crippen LogP contribution in [0.3, 0.4) is 0 Å². The zero-order chi connectivity index (χ0) is 20.4. The van der Waals surface area contributed by atoms with Gasteiger partial charge in [0.2, 0.25) is 5.91 Å². The third-order valence-corrected chi connectivity index (χ3v) is 4.64. The highest BCUT2D eigenvalue weighted by Crippen LogP contribution is 2.16. The van der Waals surface area contributed by atoms with Gasteiger partial charge < -0.3 is 14.4 Å². The van der Waals surface area contributed by atoms with Crippen molar-refractivity contribution in [3.05, 3.63) is 63.6 Å². The maximum absolute atomic E-state index is 12.6. The number of carboxylic acid groups (broad SMARTS) is 1. The van der Waals surface area contributed by atoms with Crippen LogP contribution in [0.4, 0.5) is 0 Å². The number of aryl methyl sites for hydroxylation is 3. The van der Waals surface area contributed by atoms with Crippen molar-refractivity contribution in [2.75, 3.05) is 7.05 Å². The van der Waals surface area contributed by atoms with E-state index in [2.05, 4.69) is 4.98 Å². The molecule has 3 aromatic rings. The number of nitrogens with zero attached hydrogens (tertiary/aromatic N) is 3. The highest BCUT2D eigenvalue weighted by Gasteiger charge is 2.17. The number of hydrogen-bond donors (Lipinski definition) is 1. The second kappa shape index (κ2) is 7.67. The summed E-state index contributed by atoms with van der Waals surface area (Å²) < 4.78 is 6.82. The molecule has 1 aromatic carbocycles. The summed E-state index contributed by atoms with van der Waals surface area (Å²) in [5.74, 6) is -0.569. The molecule has 2 heterocycles. The molecule has 3 rings (SSSR count). The van der Waals surface area contributed by atoms with Crippen molar-refractivity contribution in [2.45, 2.75) is 33.4 Å². The topological polar surface area (TPSA) is 106 Å². The fourth-order valence-corrected chi connectivity index (χ4v) is 3.06. The lowest BCUT2D eigenvalue weighted by atomic mass is 10.1. The van der Waals surface area contributed by atoms with Crippen LogP contribution in [-0.4, -0.2) is 38.5 Å². The molecule has 0 spiro atoms. The van der Waals surface area contributed by atoms with Crippen LogP contribution in [0.25, 0.3) is 10.9 Å². The number of fused-ring (bicyclic) bond motifs is 1. The Morgan fingerprint density at radius 2 is 2.04 bits per heavy atom. The van der Waals surface area contributed by atoms with Gasteiger partial charge in [0, 0.05) is 20.0 Å². The number of aromatic carboxylic acids is 1. The van der Waals surface area contributed by atoms with E-state index in [0.717, 1.165) is 5.56 Å². The summed E-state index contributed by atoms with van der Waals surface area (Å²) >= 11 is 0. The Balaban J connectivity index is 1.67. The lowest BCUT2D eigenvalue weighted by molar-refractivity contribution is -0.130. The second-order valence-electron chi connectivity index (χ2n) is 6.70. The summed E-state index contributed by atoms with van der Waals surface area (Å²) in [4.78, 5) is 41.8. The van der Waals surface area contributed by atoms with E-state index in [-0.39, 0.29) is 36.5 Å². The number of amides is 1. The van der Waals surface area contributed by atoms with Crippen molar-refractivity contribution in [3.8, 4) is 0 Å². The minimum absolute atomic E-state index is 0.0833. The molecule has 28 heavy (non-hydrogen) atoms. The Hall–Kier alpha value is -3.42. The van der Waals surface area contributed by atoms with Crippen molar-refractivity contribution in [1.82, 2.24) is 14.5 Å². The molecule has 0 saturated carbocycles. The van der Waals surface area contributed by atoms with E-state index >= 15 is 0 Å². The van der Waals surface area contributed by atoms with Gasteiger partial charge in [0.1, 0.15) is 17.1 Å². The number of hydrogen-bond acceptors (Lipinski definition) is 5. The number of carbonyl (C=O) groups excluding carboxylic acids is 1. The number of furan rings is 1. The molecule has 8 nitrogen and oxygen atoms in total. The normalized spacial score (nSPS) is 11.0. The lowest BCUT2D eigenvalue weighted by Gasteiger charge is -2.16. The van der Waals surface area contributed by atoms with Crippen molar-refractivity contribution in [3.63, 3.8) is 0 Å². The van der Waals surface area contributed by atoms with Gasteiger partial charge in [0.25, 0.3) is 5.56 Å². The quantitative estimate of drug-likeness (QED) is 0.700. The van der Waals surface area contributed by atoms with E-state index in [1.54, 1.807) is 26.1 Å². The van der Waals surface area contributed by atoms with Crippen LogP contribution >= 0.6 is 0 Å². The smallest absolute Gasteiger partial charge is 0.339 e. The van der Waals surface area contributed by atoms with Crippen LogP contribution in [0, 0.1) is 13.8 Å². The van der Waals surface area contributed by atoms with Crippen molar-refractivity contribution >= 4 is 22.8 Å². The van der Waals surface area contributed by atoms with Gasteiger partial charge in [-0.3, -0.25) is 14.2 Å². The molecular formula is C20H21N3O5. The molecular weight excluding hydrogens is 362 g/mol. The third kappa shape index (κ3) is 3.80. The first-order valence-corrected chi connectivity index (χ1v) is 8.79. The zero-order valence-corrected chi connectivity index (χ0v) is 15.9. The summed E-state index contributed by atoms with van der Waals surface area (Å²) in [6, 6.07) is 6.84. The SMILES string of the molecule is Cc1oc(CN(C)C(=O)CCn2cnc3c(C)cccc3c2=O)cc1C(=O)O. The molecule has 0 radical (unpaired) electrons. The Labute approximate surface area is 161 Å². The van der Waals surface area contributed by atoms with Crippen molar-refractivity contribution < 1.29 is 19.1 Å². The van der Waals surface area contributed by atoms with Crippen LogP contribution in [-0.2, 0) is 17.9 Å². The maximum atomic E-state index is 12.6. The molecule has 0 aliphatic carbocycles. The molecule has 0 saturated heterocycles. The first-order chi connectivity index (χ1) is 13.3. The predicted molar refractivity (Wildman–Crippen MR) is 102 cm³/mol. The van der Waals surface area contributed by atoms with Gasteiger partial charge in [-0.05, 0) is 31.5 Å². The summed E-state index contributed by atoms with van der Waals surface area (Å²) in [6.45, 7) is 3.81. The molecule has 146 valence electrons. The summed E-state index contributed by atoms with van der Waals surface area (Å²) in [7, 11) is 1.60. The highest BCUT2D eigenvalue weighted by atomic mass is 16.4. The number of carbonyl (C=O) groups is 2. The molecule has 2 aromatic heterocycles. The van der Waals surface area contributed by atoms with Crippen molar-refractivity contribution in [1.29, 1.82) is 0 Å². The number of rotatable bonds is 6. The minimum atomic E-state index is -1.07. The maximum Gasteiger partial charge on any atom is 0.339 e. The lowest BCUT2D eigenvalue weighted by Crippen LogP contribution is -2.29. The van der Waals surface area contributed by atoms with Crippen LogP contribution in [0.15, 0.2) is 39.8 Å². The minimum Gasteiger partial charge on any atom is -0.478 e. The Morgan fingerprint density at radius 3 is 2.71 bits per heavy atom. The van der Waals surface area contributed by atoms with E-state index in [1.807, 2.05) is 13.0 Å². The molecule has 1 amide bonds. The fourth-order valence-electron chi connectivity index (χ4n) is 3.06. The first kappa shape index (κ1) is 19.3. The average molecular weight is 383 g/mol. The number of aromatic nitrogens is 2. The van der Waals surface area contributed by atoms with Gasteiger partial charge >= 0.3 is 5.97 Å². The van der Waals surface area contributed by atoms with E-state index in [9.17, 15) is 14.4 Å². The van der Waals surface area contributed by atoms with E-state index in [0.29, 0.717) is 22.4 Å². The predicted octanol–water partition coefficient (Wildman–Crippen LogP) is 2.35. The zero-order valence-electron chi connectivity index (χ0n) is 15.9. The van der Waals surface area contributed by atoms with Crippen LogP contribution in [0.1, 0.15) is 33.9 Å². The molecule has 0 aliphatic heterocycles. The van der Waals surface area contributed by atoms with E-state index in [1.165, 1.54) is 21.9 Å². The summed E-state index contributed by atoms with van der Waals surface area (Å²) in [5, 5.41) is 9.60. The first-order valence-electron chi connectivity index (χ1n) is 8.79. The van der Waals surface area contributed by atoms with Gasteiger partial charge in [0.15, 0.2) is 0 Å². The average Bonchev–Trinajstić information content (AvgIpc) is 3.02. The van der Waals surface area contributed by atoms with Gasteiger partial charge in [0.05, 0.1) is 23.8 Å². The van der Waals surface area contributed by atoms with Gasteiger partial charge in [-0.25, -0.2) is 9.78 Å².